The Hall–Kier alpha value is -4.29. The van der Waals surface area contributed by atoms with Crippen molar-refractivity contribution >= 4 is 29.1 Å². The zero-order chi connectivity index (χ0) is 25.9. The lowest BCUT2D eigenvalue weighted by Crippen LogP contribution is -2.55. The van der Waals surface area contributed by atoms with Crippen LogP contribution in [0, 0.1) is 0 Å². The predicted molar refractivity (Wildman–Crippen MR) is 131 cm³/mol. The number of hydrogen-bond donors (Lipinski definition) is 3. The summed E-state index contributed by atoms with van der Waals surface area (Å²) < 4.78 is 9.93. The number of aromatic amines is 1. The molecule has 3 aromatic rings. The van der Waals surface area contributed by atoms with Crippen molar-refractivity contribution in [3.63, 3.8) is 0 Å². The molecular formula is C25H25N5O7. The van der Waals surface area contributed by atoms with Gasteiger partial charge in [0.2, 0.25) is 0 Å². The van der Waals surface area contributed by atoms with Crippen molar-refractivity contribution in [1.82, 2.24) is 15.0 Å². The first-order valence-electron chi connectivity index (χ1n) is 11.9. The lowest BCUT2D eigenvalue weighted by atomic mass is 10.1. The summed E-state index contributed by atoms with van der Waals surface area (Å²) in [5, 5.41) is 16.8. The summed E-state index contributed by atoms with van der Waals surface area (Å²) in [4.78, 5) is 55.1. The zero-order valence-electron chi connectivity index (χ0n) is 19.8. The molecular weight excluding hydrogens is 482 g/mol. The fourth-order valence-corrected chi connectivity index (χ4v) is 4.39. The van der Waals surface area contributed by atoms with Crippen molar-refractivity contribution in [1.29, 1.82) is 0 Å². The van der Waals surface area contributed by atoms with Gasteiger partial charge in [-0.25, -0.2) is 4.79 Å². The van der Waals surface area contributed by atoms with Crippen LogP contribution in [0.5, 0.6) is 0 Å². The monoisotopic (exact) mass is 507 g/mol. The molecule has 2 aliphatic rings. The molecule has 2 aromatic carbocycles. The first-order valence-corrected chi connectivity index (χ1v) is 11.9. The van der Waals surface area contributed by atoms with Gasteiger partial charge in [0.05, 0.1) is 6.61 Å². The van der Waals surface area contributed by atoms with Crippen LogP contribution in [0.4, 0.5) is 11.4 Å². The number of hydrogen-bond acceptors (Lipinski definition) is 8. The predicted octanol–water partition coefficient (Wildman–Crippen LogP) is 0.997. The van der Waals surface area contributed by atoms with Crippen LogP contribution in [0.3, 0.4) is 0 Å². The Morgan fingerprint density at radius 2 is 1.73 bits per heavy atom. The van der Waals surface area contributed by atoms with Gasteiger partial charge in [0, 0.05) is 42.1 Å². The topological polar surface area (TPSA) is 158 Å². The van der Waals surface area contributed by atoms with Gasteiger partial charge in [-0.1, -0.05) is 5.16 Å². The number of benzene rings is 2. The maximum atomic E-state index is 13.1. The van der Waals surface area contributed by atoms with E-state index in [1.54, 1.807) is 48.5 Å². The number of aliphatic hydroxyl groups excluding tert-OH is 1. The highest BCUT2D eigenvalue weighted by Gasteiger charge is 2.39. The number of carbonyl (C=O) groups excluding carboxylic acids is 3. The molecule has 0 spiro atoms. The molecule has 37 heavy (non-hydrogen) atoms. The third-order valence-electron chi connectivity index (χ3n) is 6.36. The molecule has 2 aliphatic heterocycles. The third kappa shape index (κ3) is 5.15. The van der Waals surface area contributed by atoms with E-state index in [0.717, 1.165) is 25.9 Å². The summed E-state index contributed by atoms with van der Waals surface area (Å²) in [5.41, 5.74) is 2.00. The number of amides is 3. The van der Waals surface area contributed by atoms with E-state index in [9.17, 15) is 24.3 Å². The SMILES string of the molecule is O=C(Nc1ccc(-c2noc(=O)[nH]2)cc1)[C@H](O)[C@H]1OCCN(c2ccc(C(=O)N3CCCC3)cc2)C1=O. The molecule has 5 rings (SSSR count). The Morgan fingerprint density at radius 3 is 2.38 bits per heavy atom. The van der Waals surface area contributed by atoms with Crippen LogP contribution in [-0.4, -0.2) is 76.3 Å². The number of likely N-dealkylation sites (tertiary alicyclic amines) is 1. The second-order valence-corrected chi connectivity index (χ2v) is 8.78. The average Bonchev–Trinajstić information content (AvgIpc) is 3.61. The Morgan fingerprint density at radius 1 is 1.03 bits per heavy atom. The van der Waals surface area contributed by atoms with Crippen LogP contribution in [0.1, 0.15) is 23.2 Å². The van der Waals surface area contributed by atoms with Crippen LogP contribution in [-0.2, 0) is 14.3 Å². The fraction of sp³-hybridized carbons (Fsp3) is 0.320. The van der Waals surface area contributed by atoms with Crippen LogP contribution in [0.2, 0.25) is 0 Å². The second kappa shape index (κ2) is 10.4. The molecule has 0 radical (unpaired) electrons. The third-order valence-corrected chi connectivity index (χ3v) is 6.36. The largest absolute Gasteiger partial charge is 0.439 e. The summed E-state index contributed by atoms with van der Waals surface area (Å²) in [6, 6.07) is 13.0. The number of H-pyrrole nitrogens is 1. The van der Waals surface area contributed by atoms with E-state index in [-0.39, 0.29) is 24.9 Å². The zero-order valence-corrected chi connectivity index (χ0v) is 19.8. The molecule has 1 aromatic heterocycles. The van der Waals surface area contributed by atoms with Gasteiger partial charge in [-0.3, -0.25) is 23.9 Å². The van der Waals surface area contributed by atoms with E-state index in [0.29, 0.717) is 22.5 Å². The molecule has 3 amide bonds. The summed E-state index contributed by atoms with van der Waals surface area (Å²) in [7, 11) is 0. The van der Waals surface area contributed by atoms with E-state index >= 15 is 0 Å². The number of aliphatic hydroxyl groups is 1. The molecule has 2 fully saturated rings. The Balaban J connectivity index is 1.22. The molecule has 3 N–H and O–H groups in total. The van der Waals surface area contributed by atoms with Crippen LogP contribution in [0.25, 0.3) is 11.4 Å². The van der Waals surface area contributed by atoms with Gasteiger partial charge in [0.15, 0.2) is 18.0 Å². The number of ether oxygens (including phenoxy) is 1. The molecule has 2 saturated heterocycles. The molecule has 12 nitrogen and oxygen atoms in total. The van der Waals surface area contributed by atoms with E-state index in [1.165, 1.54) is 4.90 Å². The van der Waals surface area contributed by atoms with Gasteiger partial charge in [-0.2, -0.15) is 0 Å². The van der Waals surface area contributed by atoms with Crippen LogP contribution < -0.4 is 16.0 Å². The number of nitrogens with one attached hydrogen (secondary N) is 2. The van der Waals surface area contributed by atoms with Crippen LogP contribution >= 0.6 is 0 Å². The molecule has 2 atom stereocenters. The number of rotatable bonds is 6. The highest BCUT2D eigenvalue weighted by Crippen LogP contribution is 2.23. The van der Waals surface area contributed by atoms with Gasteiger partial charge in [0.25, 0.3) is 17.7 Å². The minimum absolute atomic E-state index is 0.0373. The summed E-state index contributed by atoms with van der Waals surface area (Å²) in [6.45, 7) is 1.86. The Bertz CT molecular complexity index is 1340. The number of nitrogens with zero attached hydrogens (tertiary/aromatic N) is 3. The van der Waals surface area contributed by atoms with Crippen LogP contribution in [0.15, 0.2) is 57.8 Å². The maximum Gasteiger partial charge on any atom is 0.439 e. The van der Waals surface area contributed by atoms with E-state index in [4.69, 9.17) is 4.74 Å². The minimum Gasteiger partial charge on any atom is -0.380 e. The Labute approximate surface area is 210 Å². The van der Waals surface area contributed by atoms with Gasteiger partial charge in [-0.15, -0.1) is 0 Å². The van der Waals surface area contributed by atoms with Crippen molar-refractivity contribution in [2.75, 3.05) is 36.5 Å². The van der Waals surface area contributed by atoms with Gasteiger partial charge < -0.3 is 25.0 Å². The fourth-order valence-electron chi connectivity index (χ4n) is 4.39. The normalized spacial score (nSPS) is 18.6. The smallest absolute Gasteiger partial charge is 0.380 e. The highest BCUT2D eigenvalue weighted by atomic mass is 16.5. The number of carbonyl (C=O) groups is 3. The standard InChI is InChI=1S/C25H25N5O7/c31-19(22(32)26-17-7-3-15(4-8-17)21-27-25(35)37-28-21)20-24(34)30(13-14-36-20)18-9-5-16(6-10-18)23(33)29-11-1-2-12-29/h3-10,19-20,31H,1-2,11-14H2,(H,26,32)(H,27,28,35)/t19-,20-/m1/s1. The lowest BCUT2D eigenvalue weighted by molar-refractivity contribution is -0.150. The van der Waals surface area contributed by atoms with Gasteiger partial charge in [-0.05, 0) is 61.4 Å². The lowest BCUT2D eigenvalue weighted by Gasteiger charge is -2.34. The number of morpholine rings is 1. The number of aromatic nitrogens is 2. The van der Waals surface area contributed by atoms with Crippen molar-refractivity contribution in [3.05, 3.63) is 64.6 Å². The second-order valence-electron chi connectivity index (χ2n) is 8.78. The van der Waals surface area contributed by atoms with E-state index < -0.39 is 29.8 Å². The molecule has 0 saturated carbocycles. The minimum atomic E-state index is -1.75. The summed E-state index contributed by atoms with van der Waals surface area (Å²) in [6.07, 6.45) is -1.14. The Kier molecular flexibility index (Phi) is 6.84. The van der Waals surface area contributed by atoms with Crippen molar-refractivity contribution < 1.29 is 28.8 Å². The molecule has 0 aliphatic carbocycles. The van der Waals surface area contributed by atoms with Gasteiger partial charge >= 0.3 is 5.76 Å². The van der Waals surface area contributed by atoms with Gasteiger partial charge in [0.1, 0.15) is 0 Å². The molecule has 3 heterocycles. The first-order chi connectivity index (χ1) is 17.9. The highest BCUT2D eigenvalue weighted by molar-refractivity contribution is 6.04. The quantitative estimate of drug-likeness (QED) is 0.446. The van der Waals surface area contributed by atoms with E-state index in [2.05, 4.69) is 20.0 Å². The van der Waals surface area contributed by atoms with Crippen molar-refractivity contribution in [2.45, 2.75) is 25.0 Å². The van der Waals surface area contributed by atoms with E-state index in [1.807, 2.05) is 4.90 Å². The molecule has 0 unspecified atom stereocenters. The average molecular weight is 508 g/mol. The molecule has 192 valence electrons. The first kappa shape index (κ1) is 24.4. The number of anilines is 2. The van der Waals surface area contributed by atoms with Crippen molar-refractivity contribution in [3.8, 4) is 11.4 Å². The molecule has 12 heteroatoms. The van der Waals surface area contributed by atoms with Crippen molar-refractivity contribution in [2.24, 2.45) is 0 Å². The maximum absolute atomic E-state index is 13.1. The summed E-state index contributed by atoms with van der Waals surface area (Å²) in [5.74, 6) is -1.86. The molecule has 0 bridgehead atoms. The summed E-state index contributed by atoms with van der Waals surface area (Å²) >= 11 is 0.